The van der Waals surface area contributed by atoms with E-state index >= 15 is 0 Å². The first-order valence-corrected chi connectivity index (χ1v) is 8.90. The molecule has 2 aromatic rings. The van der Waals surface area contributed by atoms with E-state index in [4.69, 9.17) is 11.6 Å². The van der Waals surface area contributed by atoms with Gasteiger partial charge in [0.2, 0.25) is 5.91 Å². The number of rotatable bonds is 4. The fraction of sp³-hybridized carbons (Fsp3) is 0.300. The van der Waals surface area contributed by atoms with E-state index in [0.29, 0.717) is 24.5 Å². The summed E-state index contributed by atoms with van der Waals surface area (Å²) in [6, 6.07) is 17.0. The van der Waals surface area contributed by atoms with Gasteiger partial charge in [0.05, 0.1) is 6.04 Å². The van der Waals surface area contributed by atoms with Gasteiger partial charge in [-0.05, 0) is 24.6 Å². The Morgan fingerprint density at radius 2 is 1.80 bits per heavy atom. The van der Waals surface area contributed by atoms with Crippen LogP contribution in [0.5, 0.6) is 0 Å². The first-order valence-electron chi connectivity index (χ1n) is 8.36. The number of nitrogens with zero attached hydrogens (tertiary/aromatic N) is 2. The summed E-state index contributed by atoms with van der Waals surface area (Å²) in [5, 5.41) is 0. The minimum Gasteiger partial charge on any atom is -0.331 e. The Morgan fingerprint density at radius 3 is 2.44 bits per heavy atom. The van der Waals surface area contributed by atoms with Crippen molar-refractivity contribution in [2.75, 3.05) is 25.5 Å². The van der Waals surface area contributed by atoms with Gasteiger partial charge >= 0.3 is 0 Å². The highest BCUT2D eigenvalue weighted by Gasteiger charge is 2.35. The maximum Gasteiger partial charge on any atom is 0.254 e. The highest BCUT2D eigenvalue weighted by Crippen LogP contribution is 2.27. The Kier molecular flexibility index (Phi) is 5.39. The predicted molar refractivity (Wildman–Crippen MR) is 98.7 cm³/mol. The molecule has 130 valence electrons. The zero-order chi connectivity index (χ0) is 17.8. The van der Waals surface area contributed by atoms with Gasteiger partial charge in [0.25, 0.3) is 5.91 Å². The number of aryl methyl sites for hydroxylation is 1. The number of carbonyl (C=O) groups excluding carboxylic acids is 2. The largest absolute Gasteiger partial charge is 0.331 e. The van der Waals surface area contributed by atoms with Gasteiger partial charge in [0.15, 0.2) is 0 Å². The predicted octanol–water partition coefficient (Wildman–Crippen LogP) is 3.26. The molecule has 1 aliphatic heterocycles. The maximum absolute atomic E-state index is 12.8. The van der Waals surface area contributed by atoms with Crippen molar-refractivity contribution in [1.82, 2.24) is 9.80 Å². The average Bonchev–Trinajstić information content (AvgIpc) is 2.64. The van der Waals surface area contributed by atoms with Gasteiger partial charge in [0.1, 0.15) is 6.54 Å². The molecule has 0 bridgehead atoms. The number of halogens is 1. The molecule has 0 radical (unpaired) electrons. The van der Waals surface area contributed by atoms with Crippen molar-refractivity contribution in [2.24, 2.45) is 0 Å². The summed E-state index contributed by atoms with van der Waals surface area (Å²) in [6.07, 6.45) is 0. The lowest BCUT2D eigenvalue weighted by atomic mass is 10.00. The van der Waals surface area contributed by atoms with Crippen LogP contribution in [0.3, 0.4) is 0 Å². The molecule has 1 atom stereocenters. The SMILES string of the molecule is Cc1ccc(C2CN(C(=O)c3ccccc3)CC(=O)N2CCCl)cc1. The number of carbonyl (C=O) groups is 2. The third-order valence-corrected chi connectivity index (χ3v) is 4.68. The topological polar surface area (TPSA) is 40.6 Å². The minimum absolute atomic E-state index is 0.0678. The second-order valence-electron chi connectivity index (χ2n) is 6.25. The van der Waals surface area contributed by atoms with Crippen molar-refractivity contribution in [3.05, 3.63) is 71.3 Å². The Labute approximate surface area is 153 Å². The molecule has 0 aliphatic carbocycles. The molecule has 2 amide bonds. The first kappa shape index (κ1) is 17.5. The molecule has 1 fully saturated rings. The molecule has 0 aromatic heterocycles. The number of hydrogen-bond acceptors (Lipinski definition) is 2. The van der Waals surface area contributed by atoms with Crippen LogP contribution >= 0.6 is 11.6 Å². The monoisotopic (exact) mass is 356 g/mol. The van der Waals surface area contributed by atoms with Crippen molar-refractivity contribution >= 4 is 23.4 Å². The first-order chi connectivity index (χ1) is 12.1. The van der Waals surface area contributed by atoms with Gasteiger partial charge in [-0.3, -0.25) is 9.59 Å². The fourth-order valence-electron chi connectivity index (χ4n) is 3.16. The minimum atomic E-state index is -0.173. The molecule has 2 aromatic carbocycles. The van der Waals surface area contributed by atoms with Gasteiger partial charge in [-0.2, -0.15) is 0 Å². The number of hydrogen-bond donors (Lipinski definition) is 0. The van der Waals surface area contributed by atoms with Gasteiger partial charge in [-0.25, -0.2) is 0 Å². The number of alkyl halides is 1. The van der Waals surface area contributed by atoms with E-state index < -0.39 is 0 Å². The highest BCUT2D eigenvalue weighted by molar-refractivity contribution is 6.18. The normalized spacial score (nSPS) is 17.7. The fourth-order valence-corrected chi connectivity index (χ4v) is 3.35. The van der Waals surface area contributed by atoms with Crippen LogP contribution in [0.2, 0.25) is 0 Å². The van der Waals surface area contributed by atoms with Gasteiger partial charge in [0, 0.05) is 24.5 Å². The zero-order valence-corrected chi connectivity index (χ0v) is 14.9. The Bertz CT molecular complexity index is 746. The molecule has 1 saturated heterocycles. The third-order valence-electron chi connectivity index (χ3n) is 4.51. The van der Waals surface area contributed by atoms with Crippen molar-refractivity contribution in [1.29, 1.82) is 0 Å². The molecule has 3 rings (SSSR count). The van der Waals surface area contributed by atoms with Gasteiger partial charge < -0.3 is 9.80 Å². The van der Waals surface area contributed by atoms with Crippen LogP contribution in [-0.4, -0.2) is 47.1 Å². The van der Waals surface area contributed by atoms with Crippen LogP contribution in [0, 0.1) is 6.92 Å². The second kappa shape index (κ2) is 7.70. The summed E-state index contributed by atoms with van der Waals surface area (Å²) in [5.74, 6) is 0.194. The summed E-state index contributed by atoms with van der Waals surface area (Å²) >= 11 is 5.90. The molecule has 1 unspecified atom stereocenters. The van der Waals surface area contributed by atoms with E-state index in [1.165, 1.54) is 0 Å². The third kappa shape index (κ3) is 3.85. The average molecular weight is 357 g/mol. The van der Waals surface area contributed by atoms with Gasteiger partial charge in [-0.15, -0.1) is 11.6 Å². The molecule has 0 N–H and O–H groups in total. The maximum atomic E-state index is 12.8. The zero-order valence-electron chi connectivity index (χ0n) is 14.2. The Balaban J connectivity index is 1.88. The van der Waals surface area contributed by atoms with Crippen LogP contribution in [0.1, 0.15) is 27.5 Å². The smallest absolute Gasteiger partial charge is 0.254 e. The molecule has 0 saturated carbocycles. The van der Waals surface area contributed by atoms with Crippen molar-refractivity contribution in [3.8, 4) is 0 Å². The molecule has 25 heavy (non-hydrogen) atoms. The van der Waals surface area contributed by atoms with E-state index in [1.54, 1.807) is 21.9 Å². The quantitative estimate of drug-likeness (QED) is 0.789. The molecule has 1 aliphatic rings. The van der Waals surface area contributed by atoms with E-state index in [9.17, 15) is 9.59 Å². The molecular formula is C20H21ClN2O2. The molecule has 5 heteroatoms. The number of piperazine rings is 1. The lowest BCUT2D eigenvalue weighted by Crippen LogP contribution is -2.54. The van der Waals surface area contributed by atoms with E-state index in [1.807, 2.05) is 49.4 Å². The summed E-state index contributed by atoms with van der Waals surface area (Å²) in [4.78, 5) is 28.8. The van der Waals surface area contributed by atoms with Crippen LogP contribution < -0.4 is 0 Å². The highest BCUT2D eigenvalue weighted by atomic mass is 35.5. The van der Waals surface area contributed by atoms with E-state index in [0.717, 1.165) is 11.1 Å². The Hall–Kier alpha value is -2.33. The van der Waals surface area contributed by atoms with Crippen LogP contribution in [0.25, 0.3) is 0 Å². The number of amides is 2. The second-order valence-corrected chi connectivity index (χ2v) is 6.63. The summed E-state index contributed by atoms with van der Waals surface area (Å²) in [5.41, 5.74) is 2.78. The van der Waals surface area contributed by atoms with Crippen LogP contribution in [0.4, 0.5) is 0 Å². The lowest BCUT2D eigenvalue weighted by Gasteiger charge is -2.41. The Morgan fingerprint density at radius 1 is 1.12 bits per heavy atom. The van der Waals surface area contributed by atoms with Crippen molar-refractivity contribution < 1.29 is 9.59 Å². The summed E-state index contributed by atoms with van der Waals surface area (Å²) in [7, 11) is 0. The standard InChI is InChI=1S/C20H21ClN2O2/c1-15-7-9-16(10-8-15)18-13-22(14-19(24)23(18)12-11-21)20(25)17-5-3-2-4-6-17/h2-10,18H,11-14H2,1H3. The van der Waals surface area contributed by atoms with E-state index in [2.05, 4.69) is 0 Å². The molecular weight excluding hydrogens is 336 g/mol. The van der Waals surface area contributed by atoms with Crippen molar-refractivity contribution in [2.45, 2.75) is 13.0 Å². The van der Waals surface area contributed by atoms with E-state index in [-0.39, 0.29) is 24.4 Å². The summed E-state index contributed by atoms with van der Waals surface area (Å²) in [6.45, 7) is 3.07. The molecule has 4 nitrogen and oxygen atoms in total. The molecule has 0 spiro atoms. The van der Waals surface area contributed by atoms with Crippen molar-refractivity contribution in [3.63, 3.8) is 0 Å². The van der Waals surface area contributed by atoms with Crippen LogP contribution in [0.15, 0.2) is 54.6 Å². The molecule has 1 heterocycles. The summed E-state index contributed by atoms with van der Waals surface area (Å²) < 4.78 is 0. The van der Waals surface area contributed by atoms with Gasteiger partial charge in [-0.1, -0.05) is 48.0 Å². The van der Waals surface area contributed by atoms with Crippen LogP contribution in [-0.2, 0) is 4.79 Å². The number of benzene rings is 2. The lowest BCUT2D eigenvalue weighted by molar-refractivity contribution is -0.138.